The summed E-state index contributed by atoms with van der Waals surface area (Å²) in [5.41, 5.74) is 8.26. The summed E-state index contributed by atoms with van der Waals surface area (Å²) >= 11 is 0. The van der Waals surface area contributed by atoms with E-state index in [9.17, 15) is 5.11 Å². The highest BCUT2D eigenvalue weighted by Crippen LogP contribution is 2.44. The van der Waals surface area contributed by atoms with Gasteiger partial charge in [0.25, 0.3) is 0 Å². The number of fused-ring (bicyclic) bond motifs is 1. The minimum Gasteiger partial charge on any atom is -0.507 e. The van der Waals surface area contributed by atoms with Gasteiger partial charge in [-0.25, -0.2) is 4.98 Å². The number of rotatable bonds is 7. The smallest absolute Gasteiger partial charge is 0.149 e. The Labute approximate surface area is 427 Å². The van der Waals surface area contributed by atoms with E-state index in [2.05, 4.69) is 86.6 Å². The van der Waals surface area contributed by atoms with Crippen LogP contribution < -0.4 is 0 Å². The number of pyridine rings is 1. The molecule has 348 valence electrons. The summed E-state index contributed by atoms with van der Waals surface area (Å²) in [5.74, 6) is 0.399. The predicted molar refractivity (Wildman–Crippen MR) is 293 cm³/mol. The third-order valence-electron chi connectivity index (χ3n) is 13.1. The number of hydrogen-bond donors (Lipinski definition) is 1. The molecule has 4 heteroatoms. The van der Waals surface area contributed by atoms with Gasteiger partial charge in [0, 0.05) is 39.3 Å². The number of aromatic hydroxyl groups is 1. The van der Waals surface area contributed by atoms with Gasteiger partial charge in [-0.2, -0.15) is 0 Å². The van der Waals surface area contributed by atoms with E-state index in [1.165, 1.54) is 24.3 Å². The molecule has 2 heterocycles. The van der Waals surface area contributed by atoms with E-state index >= 15 is 0 Å². The van der Waals surface area contributed by atoms with Crippen LogP contribution in [0.25, 0.3) is 83.9 Å². The van der Waals surface area contributed by atoms with E-state index in [0.717, 1.165) is 50.1 Å². The summed E-state index contributed by atoms with van der Waals surface area (Å²) in [6.07, 6.45) is 1.65. The van der Waals surface area contributed by atoms with Gasteiger partial charge in [0.15, 0.2) is 0 Å². The lowest BCUT2D eigenvalue weighted by Crippen LogP contribution is -2.11. The molecule has 0 aliphatic heterocycles. The van der Waals surface area contributed by atoms with Gasteiger partial charge < -0.3 is 5.11 Å². The van der Waals surface area contributed by atoms with Crippen molar-refractivity contribution in [3.05, 3.63) is 192 Å². The van der Waals surface area contributed by atoms with Crippen LogP contribution in [-0.2, 0) is 21.7 Å². The van der Waals surface area contributed by atoms with Crippen LogP contribution in [0.5, 0.6) is 5.75 Å². The van der Waals surface area contributed by atoms with Crippen LogP contribution in [0.3, 0.4) is 0 Å². The number of hydrogen-bond acceptors (Lipinski definition) is 3. The molecule has 7 aromatic carbocycles. The molecule has 0 spiro atoms. The first-order chi connectivity index (χ1) is 37.5. The molecule has 0 saturated carbocycles. The fourth-order valence-electron chi connectivity index (χ4n) is 8.99. The Morgan fingerprint density at radius 3 is 1.72 bits per heavy atom. The summed E-state index contributed by atoms with van der Waals surface area (Å²) in [5, 5.41) is 12.0. The normalized spacial score (nSPS) is 15.8. The second-order valence-electron chi connectivity index (χ2n) is 21.3. The van der Waals surface area contributed by atoms with Gasteiger partial charge in [0.2, 0.25) is 0 Å². The fraction of sp³-hybridized carbons (Fsp3) is 0.262. The van der Waals surface area contributed by atoms with Crippen LogP contribution in [0.15, 0.2) is 164 Å². The molecule has 0 bridgehead atoms. The standard InChI is InChI=1S/C65H67N3O/c1-41-34-58(54(43-18-15-14-16-19-43)40-53(41)44-24-28-49(29-25-44)63(5,6)7)68-57-21-17-20-52(60(57)67-61(68)55-39-50(64(8,9)10)30-31-59(55)69)46-35-47(37-51(36-46)65(11,12)13)56-38-45(32-33-66-56)42-22-26-48(27-23-42)62(2,3)4/h14-40,69H,1-13H3/i1D3,2D3,3D3,4D3. The van der Waals surface area contributed by atoms with Crippen LogP contribution in [0.2, 0.25) is 0 Å². The number of para-hydroxylation sites is 1. The van der Waals surface area contributed by atoms with Crippen molar-refractivity contribution in [3.8, 4) is 78.6 Å². The number of phenols is 1. The molecule has 0 atom stereocenters. The molecule has 0 aliphatic carbocycles. The van der Waals surface area contributed by atoms with Gasteiger partial charge >= 0.3 is 0 Å². The second kappa shape index (κ2) is 17.5. The van der Waals surface area contributed by atoms with Gasteiger partial charge in [-0.3, -0.25) is 9.55 Å². The number of imidazole rings is 1. The molecule has 4 nitrogen and oxygen atoms in total. The van der Waals surface area contributed by atoms with Crippen molar-refractivity contribution in [2.75, 3.05) is 0 Å². The molecule has 2 aromatic heterocycles. The zero-order chi connectivity index (χ0) is 59.2. The highest BCUT2D eigenvalue weighted by atomic mass is 16.3. The molecule has 0 aliphatic rings. The lowest BCUT2D eigenvalue weighted by atomic mass is 9.83. The van der Waals surface area contributed by atoms with Crippen molar-refractivity contribution in [1.29, 1.82) is 0 Å². The van der Waals surface area contributed by atoms with E-state index in [4.69, 9.17) is 26.4 Å². The Balaban J connectivity index is 1.29. The Bertz CT molecular complexity index is 3780. The maximum Gasteiger partial charge on any atom is 0.149 e. The average Bonchev–Trinajstić information content (AvgIpc) is 4.02. The van der Waals surface area contributed by atoms with Crippen LogP contribution in [-0.4, -0.2) is 19.6 Å². The van der Waals surface area contributed by atoms with Gasteiger partial charge in [-0.05, 0) is 144 Å². The summed E-state index contributed by atoms with van der Waals surface area (Å²) < 4.78 is 103. The minimum absolute atomic E-state index is 0.00209. The van der Waals surface area contributed by atoms with Crippen molar-refractivity contribution < 1.29 is 21.6 Å². The van der Waals surface area contributed by atoms with Crippen molar-refractivity contribution in [2.45, 2.75) is 111 Å². The topological polar surface area (TPSA) is 50.9 Å². The minimum atomic E-state index is -3.40. The number of nitrogens with zero attached hydrogens (tertiary/aromatic N) is 3. The van der Waals surface area contributed by atoms with E-state index in [1.54, 1.807) is 24.4 Å². The van der Waals surface area contributed by atoms with Crippen molar-refractivity contribution in [3.63, 3.8) is 0 Å². The average molecular weight is 918 g/mol. The number of benzene rings is 7. The number of aromatic nitrogens is 3. The van der Waals surface area contributed by atoms with Crippen molar-refractivity contribution >= 4 is 11.0 Å². The number of phenolic OH excluding ortho intramolecular Hbond substituents is 1. The molecule has 9 rings (SSSR count). The molecule has 1 N–H and O–H groups in total. The SMILES string of the molecule is [2H]C([2H])([2H])c1cc(-n2c(-c3cc(C(C)(C)C)ccc3O)nc3c(-c4cc(-c5cc(-c6ccc(C(C([2H])([2H])[2H])(C([2H])([2H])[2H])C([2H])([2H])[2H])cc6)ccn5)cc(C(C)(C)C)c4)cccc32)c(-c2ccccc2)cc1-c1ccc(C(C)(C)C)cc1. The first-order valence-corrected chi connectivity index (χ1v) is 23.4. The summed E-state index contributed by atoms with van der Waals surface area (Å²) in [6, 6.07) is 48.7. The Morgan fingerprint density at radius 1 is 0.449 bits per heavy atom. The second-order valence-corrected chi connectivity index (χ2v) is 21.3. The van der Waals surface area contributed by atoms with E-state index < -0.39 is 32.8 Å². The highest BCUT2D eigenvalue weighted by Gasteiger charge is 2.26. The maximum absolute atomic E-state index is 12.0. The van der Waals surface area contributed by atoms with E-state index in [-0.39, 0.29) is 33.1 Å². The Hall–Kier alpha value is -7.04. The molecule has 0 saturated heterocycles. The van der Waals surface area contributed by atoms with Gasteiger partial charge in [0.05, 0.1) is 28.0 Å². The summed E-state index contributed by atoms with van der Waals surface area (Å²) in [4.78, 5) is 10.4. The maximum atomic E-state index is 12.0. The Morgan fingerprint density at radius 2 is 1.07 bits per heavy atom. The molecular weight excluding hydrogens is 839 g/mol. The molecule has 0 unspecified atom stereocenters. The van der Waals surface area contributed by atoms with Crippen LogP contribution in [0.1, 0.15) is 127 Å². The van der Waals surface area contributed by atoms with Crippen molar-refractivity contribution in [2.24, 2.45) is 0 Å². The zero-order valence-corrected chi connectivity index (χ0v) is 40.9. The first kappa shape index (κ1) is 34.3. The monoisotopic (exact) mass is 918 g/mol. The van der Waals surface area contributed by atoms with Crippen LogP contribution >= 0.6 is 0 Å². The molecule has 0 fully saturated rings. The van der Waals surface area contributed by atoms with Crippen LogP contribution in [0, 0.1) is 6.85 Å². The van der Waals surface area contributed by atoms with Crippen LogP contribution in [0.4, 0.5) is 0 Å². The molecule has 0 amide bonds. The molecule has 0 radical (unpaired) electrons. The van der Waals surface area contributed by atoms with Gasteiger partial charge in [-0.15, -0.1) is 0 Å². The third kappa shape index (κ3) is 9.42. The third-order valence-corrected chi connectivity index (χ3v) is 13.1. The van der Waals surface area contributed by atoms with E-state index in [1.807, 2.05) is 95.6 Å². The summed E-state index contributed by atoms with van der Waals surface area (Å²) in [6.45, 7) is 6.35. The molecule has 69 heavy (non-hydrogen) atoms. The fourth-order valence-corrected chi connectivity index (χ4v) is 8.99. The quantitative estimate of drug-likeness (QED) is 0.173. The van der Waals surface area contributed by atoms with Gasteiger partial charge in [-0.1, -0.05) is 186 Å². The lowest BCUT2D eigenvalue weighted by molar-refractivity contribution is 0.475. The van der Waals surface area contributed by atoms with E-state index in [0.29, 0.717) is 50.5 Å². The van der Waals surface area contributed by atoms with Gasteiger partial charge in [0.1, 0.15) is 11.6 Å². The predicted octanol–water partition coefficient (Wildman–Crippen LogP) is 17.6. The highest BCUT2D eigenvalue weighted by molar-refractivity contribution is 5.98. The summed E-state index contributed by atoms with van der Waals surface area (Å²) in [7, 11) is 0. The largest absolute Gasteiger partial charge is 0.507 e. The lowest BCUT2D eigenvalue weighted by Gasteiger charge is -2.22. The van der Waals surface area contributed by atoms with Crippen molar-refractivity contribution in [1.82, 2.24) is 14.5 Å². The first-order valence-electron chi connectivity index (χ1n) is 29.4. The molecule has 9 aromatic rings. The number of aryl methyl sites for hydroxylation is 1. The Kier molecular flexibility index (Phi) is 8.69. The zero-order valence-electron chi connectivity index (χ0n) is 52.9. The molecular formula is C65H67N3O.